The quantitative estimate of drug-likeness (QED) is 0.189. The number of hydrogen-bond donors (Lipinski definition) is 0. The molecule has 6 nitrogen and oxygen atoms in total. The van der Waals surface area contributed by atoms with E-state index in [2.05, 4.69) is 24.1 Å². The number of benzene rings is 1. The fraction of sp³-hybridized carbons (Fsp3) is 0.550. The number of ether oxygens (including phenoxy) is 3. The summed E-state index contributed by atoms with van der Waals surface area (Å²) in [6, 6.07) is 3.71. The number of carbonyl (C=O) groups is 1. The Labute approximate surface area is 172 Å². The van der Waals surface area contributed by atoms with Crippen molar-refractivity contribution in [2.45, 2.75) is 46.3 Å². The zero-order valence-corrected chi connectivity index (χ0v) is 20.1. The van der Waals surface area contributed by atoms with Crippen LogP contribution in [0.25, 0.3) is 5.76 Å². The Bertz CT molecular complexity index is 707. The van der Waals surface area contributed by atoms with Crippen LogP contribution >= 0.6 is 0 Å². The van der Waals surface area contributed by atoms with Gasteiger partial charge in [0.1, 0.15) is 5.75 Å². The molecule has 28 heavy (non-hydrogen) atoms. The van der Waals surface area contributed by atoms with Crippen LogP contribution in [0.5, 0.6) is 5.75 Å². The summed E-state index contributed by atoms with van der Waals surface area (Å²) in [5, 5.41) is 0.931. The second-order valence-corrected chi connectivity index (χ2v) is 12.7. The van der Waals surface area contributed by atoms with Gasteiger partial charge in [-0.3, -0.25) is 0 Å². The number of methoxy groups -OCH3 is 3. The first kappa shape index (κ1) is 24.3. The summed E-state index contributed by atoms with van der Waals surface area (Å²) in [6.07, 6.45) is 1.81. The van der Waals surface area contributed by atoms with Crippen molar-refractivity contribution in [2.24, 2.45) is 5.92 Å². The Morgan fingerprint density at radius 3 is 2.21 bits per heavy atom. The first-order valence-electron chi connectivity index (χ1n) is 9.19. The van der Waals surface area contributed by atoms with Crippen LogP contribution < -0.4 is 9.92 Å². The lowest BCUT2D eigenvalue weighted by molar-refractivity contribution is -0.217. The predicted octanol–water partition coefficient (Wildman–Crippen LogP) is 3.35. The van der Waals surface area contributed by atoms with Gasteiger partial charge in [0, 0.05) is 0 Å². The van der Waals surface area contributed by atoms with Crippen molar-refractivity contribution in [3.8, 4) is 5.75 Å². The lowest BCUT2D eigenvalue weighted by atomic mass is 9.98. The minimum Gasteiger partial charge on any atom is -0.496 e. The average molecular weight is 424 g/mol. The Morgan fingerprint density at radius 1 is 1.11 bits per heavy atom. The van der Waals surface area contributed by atoms with E-state index in [1.54, 1.807) is 7.11 Å². The summed E-state index contributed by atoms with van der Waals surface area (Å²) < 4.78 is 21.8. The van der Waals surface area contributed by atoms with E-state index in [-0.39, 0.29) is 11.5 Å². The maximum Gasteiger partial charge on any atom is 0.409 e. The molecule has 0 fully saturated rings. The minimum atomic E-state index is -2.05. The largest absolute Gasteiger partial charge is 0.496 e. The van der Waals surface area contributed by atoms with Crippen LogP contribution in [0, 0.1) is 5.92 Å². The van der Waals surface area contributed by atoms with Gasteiger partial charge in [-0.1, -0.05) is 25.1 Å². The lowest BCUT2D eigenvalue weighted by Crippen LogP contribution is -2.28. The SMILES string of the molecule is COC(C(=O)OO[Si](C)(C)C)=C(OC)c1ccc([Si])c(CCC(C)C)c1OC. The molecule has 0 amide bonds. The minimum absolute atomic E-state index is 0.0874. The van der Waals surface area contributed by atoms with E-state index in [0.29, 0.717) is 17.2 Å². The Kier molecular flexibility index (Phi) is 9.26. The summed E-state index contributed by atoms with van der Waals surface area (Å²) in [7, 11) is 6.05. The highest BCUT2D eigenvalue weighted by Crippen LogP contribution is 2.33. The van der Waals surface area contributed by atoms with E-state index in [1.165, 1.54) is 14.2 Å². The van der Waals surface area contributed by atoms with Gasteiger partial charge in [-0.05, 0) is 50.0 Å². The molecule has 0 atom stereocenters. The summed E-state index contributed by atoms with van der Waals surface area (Å²) in [5.41, 5.74) is 1.61. The molecule has 0 aliphatic carbocycles. The number of hydrogen-bond acceptors (Lipinski definition) is 6. The second-order valence-electron chi connectivity index (χ2n) is 7.74. The van der Waals surface area contributed by atoms with Crippen molar-refractivity contribution in [1.82, 2.24) is 0 Å². The fourth-order valence-corrected chi connectivity index (χ4v) is 3.16. The van der Waals surface area contributed by atoms with Crippen molar-refractivity contribution in [2.75, 3.05) is 21.3 Å². The highest BCUT2D eigenvalue weighted by Gasteiger charge is 2.27. The van der Waals surface area contributed by atoms with Gasteiger partial charge in [0.15, 0.2) is 5.76 Å². The van der Waals surface area contributed by atoms with Gasteiger partial charge >= 0.3 is 5.97 Å². The standard InChI is InChI=1S/C20H31O6Si2/c1-13(2)9-10-14-16(27)12-11-15(17(14)22-3)18(23-4)19(24-5)20(21)25-26-28(6,7)8/h11-13H,9-10H2,1-8H3. The molecule has 0 aliphatic rings. The fourth-order valence-electron chi connectivity index (χ4n) is 2.52. The van der Waals surface area contributed by atoms with Crippen molar-refractivity contribution in [1.29, 1.82) is 0 Å². The van der Waals surface area contributed by atoms with Gasteiger partial charge in [0.05, 0.1) is 37.1 Å². The molecule has 0 saturated heterocycles. The Balaban J connectivity index is 3.43. The Hall–Kier alpha value is -1.78. The maximum absolute atomic E-state index is 12.5. The smallest absolute Gasteiger partial charge is 0.409 e. The van der Waals surface area contributed by atoms with Crippen LogP contribution in [0.2, 0.25) is 19.6 Å². The first-order valence-corrected chi connectivity index (χ1v) is 13.1. The van der Waals surface area contributed by atoms with Gasteiger partial charge in [-0.15, -0.1) is 0 Å². The van der Waals surface area contributed by atoms with Crippen molar-refractivity contribution in [3.63, 3.8) is 0 Å². The topological polar surface area (TPSA) is 63.2 Å². The third-order valence-electron chi connectivity index (χ3n) is 3.85. The van der Waals surface area contributed by atoms with Crippen LogP contribution in [0.4, 0.5) is 0 Å². The summed E-state index contributed by atoms with van der Waals surface area (Å²) in [5.74, 6) is 0.546. The molecule has 8 heteroatoms. The zero-order chi connectivity index (χ0) is 21.5. The van der Waals surface area contributed by atoms with Crippen molar-refractivity contribution in [3.05, 3.63) is 29.0 Å². The molecule has 0 aliphatic heterocycles. The highest BCUT2D eigenvalue weighted by molar-refractivity contribution is 6.69. The van der Waals surface area contributed by atoms with E-state index in [0.717, 1.165) is 23.6 Å². The van der Waals surface area contributed by atoms with E-state index < -0.39 is 14.3 Å². The van der Waals surface area contributed by atoms with Crippen LogP contribution in [0.1, 0.15) is 31.4 Å². The second kappa shape index (κ2) is 10.7. The van der Waals surface area contributed by atoms with E-state index in [1.807, 2.05) is 31.8 Å². The van der Waals surface area contributed by atoms with Gasteiger partial charge < -0.3 is 19.1 Å². The Morgan fingerprint density at radius 2 is 1.75 bits per heavy atom. The van der Waals surface area contributed by atoms with E-state index in [9.17, 15) is 4.79 Å². The molecule has 0 heterocycles. The van der Waals surface area contributed by atoms with Crippen LogP contribution in [-0.4, -0.2) is 45.9 Å². The molecule has 0 aromatic heterocycles. The van der Waals surface area contributed by atoms with Crippen molar-refractivity contribution < 1.29 is 28.5 Å². The molecule has 1 rings (SSSR count). The molecule has 155 valence electrons. The third kappa shape index (κ3) is 6.68. The average Bonchev–Trinajstić information content (AvgIpc) is 2.62. The normalized spacial score (nSPS) is 12.5. The van der Waals surface area contributed by atoms with Crippen LogP contribution in [0.15, 0.2) is 17.9 Å². The molecule has 0 bridgehead atoms. The molecule has 0 N–H and O–H groups in total. The molecular formula is C20H31O6Si2. The molecule has 1 aromatic carbocycles. The lowest BCUT2D eigenvalue weighted by Gasteiger charge is -2.20. The van der Waals surface area contributed by atoms with Gasteiger partial charge in [-0.25, -0.2) is 9.37 Å². The molecular weight excluding hydrogens is 392 g/mol. The van der Waals surface area contributed by atoms with Crippen molar-refractivity contribution >= 4 is 35.5 Å². The molecule has 3 radical (unpaired) electrons. The molecule has 1 aromatic rings. The summed E-state index contributed by atoms with van der Waals surface area (Å²) in [4.78, 5) is 17.5. The molecule has 0 spiro atoms. The van der Waals surface area contributed by atoms with Gasteiger partial charge in [0.25, 0.3) is 5.76 Å². The third-order valence-corrected chi connectivity index (χ3v) is 4.90. The van der Waals surface area contributed by atoms with Gasteiger partial charge in [-0.2, -0.15) is 0 Å². The van der Waals surface area contributed by atoms with E-state index in [4.69, 9.17) is 23.7 Å². The highest BCUT2D eigenvalue weighted by atomic mass is 28.4. The van der Waals surface area contributed by atoms with Crippen LogP contribution in [0.3, 0.4) is 0 Å². The zero-order valence-electron chi connectivity index (χ0n) is 18.1. The number of carbonyl (C=O) groups excluding carboxylic acids is 1. The first-order chi connectivity index (χ1) is 13.1. The summed E-state index contributed by atoms with van der Waals surface area (Å²) >= 11 is 0. The van der Waals surface area contributed by atoms with Crippen LogP contribution in [-0.2, 0) is 30.2 Å². The monoisotopic (exact) mass is 423 g/mol. The van der Waals surface area contributed by atoms with Gasteiger partial charge in [0.2, 0.25) is 8.32 Å². The number of rotatable bonds is 10. The maximum atomic E-state index is 12.5. The molecule has 0 unspecified atom stereocenters. The van der Waals surface area contributed by atoms with E-state index >= 15 is 0 Å². The summed E-state index contributed by atoms with van der Waals surface area (Å²) in [6.45, 7) is 10.1. The molecule has 0 saturated carbocycles. The predicted molar refractivity (Wildman–Crippen MR) is 113 cm³/mol.